The summed E-state index contributed by atoms with van der Waals surface area (Å²) in [7, 11) is 0. The zero-order valence-corrected chi connectivity index (χ0v) is 13.2. The first-order valence-corrected chi connectivity index (χ1v) is 8.41. The Morgan fingerprint density at radius 2 is 1.84 bits per heavy atom. The molecule has 2 fully saturated rings. The van der Waals surface area contributed by atoms with E-state index in [4.69, 9.17) is 0 Å². The summed E-state index contributed by atoms with van der Waals surface area (Å²) in [6.07, 6.45) is 5.67. The fourth-order valence-corrected chi connectivity index (χ4v) is 3.62. The van der Waals surface area contributed by atoms with Gasteiger partial charge in [0.2, 0.25) is 0 Å². The van der Waals surface area contributed by atoms with Crippen molar-refractivity contribution >= 4 is 0 Å². The van der Waals surface area contributed by atoms with Crippen LogP contribution in [0.5, 0.6) is 0 Å². The second-order valence-electron chi connectivity index (χ2n) is 6.56. The molecule has 3 nitrogen and oxygen atoms in total. The maximum atomic E-state index is 3.49. The van der Waals surface area contributed by atoms with Crippen LogP contribution in [0.2, 0.25) is 0 Å². The molecule has 112 valence electrons. The van der Waals surface area contributed by atoms with Crippen LogP contribution in [-0.4, -0.2) is 61.2 Å². The fraction of sp³-hybridized carbons (Fsp3) is 1.00. The van der Waals surface area contributed by atoms with E-state index in [-0.39, 0.29) is 0 Å². The van der Waals surface area contributed by atoms with Crippen molar-refractivity contribution in [1.82, 2.24) is 15.1 Å². The van der Waals surface area contributed by atoms with Crippen molar-refractivity contribution in [3.63, 3.8) is 0 Å². The highest BCUT2D eigenvalue weighted by Gasteiger charge is 2.32. The molecule has 2 rings (SSSR count). The molecule has 0 aromatic carbocycles. The molecular formula is C16H33N3. The van der Waals surface area contributed by atoms with Crippen molar-refractivity contribution in [2.24, 2.45) is 5.92 Å². The molecule has 0 bridgehead atoms. The zero-order chi connectivity index (χ0) is 13.7. The van der Waals surface area contributed by atoms with Gasteiger partial charge in [-0.3, -0.25) is 9.80 Å². The molecule has 19 heavy (non-hydrogen) atoms. The summed E-state index contributed by atoms with van der Waals surface area (Å²) < 4.78 is 0. The van der Waals surface area contributed by atoms with Gasteiger partial charge in [-0.05, 0) is 58.3 Å². The van der Waals surface area contributed by atoms with Gasteiger partial charge >= 0.3 is 0 Å². The van der Waals surface area contributed by atoms with Crippen LogP contribution in [0, 0.1) is 5.92 Å². The van der Waals surface area contributed by atoms with Crippen LogP contribution < -0.4 is 5.32 Å². The summed E-state index contributed by atoms with van der Waals surface area (Å²) in [5.41, 5.74) is 0. The van der Waals surface area contributed by atoms with Crippen LogP contribution in [0.25, 0.3) is 0 Å². The third kappa shape index (κ3) is 4.17. The van der Waals surface area contributed by atoms with E-state index in [0.717, 1.165) is 25.0 Å². The van der Waals surface area contributed by atoms with Gasteiger partial charge in [-0.15, -0.1) is 0 Å². The van der Waals surface area contributed by atoms with Crippen LogP contribution in [0.15, 0.2) is 0 Å². The molecule has 3 heteroatoms. The van der Waals surface area contributed by atoms with Gasteiger partial charge in [0, 0.05) is 25.2 Å². The van der Waals surface area contributed by atoms with Crippen molar-refractivity contribution in [2.45, 2.75) is 58.5 Å². The molecule has 0 amide bonds. The largest absolute Gasteiger partial charge is 0.317 e. The summed E-state index contributed by atoms with van der Waals surface area (Å²) >= 11 is 0. The molecule has 0 aliphatic carbocycles. The Morgan fingerprint density at radius 3 is 2.53 bits per heavy atom. The number of hydrogen-bond acceptors (Lipinski definition) is 3. The van der Waals surface area contributed by atoms with Gasteiger partial charge in [-0.1, -0.05) is 20.3 Å². The van der Waals surface area contributed by atoms with Crippen molar-refractivity contribution in [2.75, 3.05) is 39.3 Å². The Hall–Kier alpha value is -0.120. The molecule has 0 aromatic rings. The first-order valence-electron chi connectivity index (χ1n) is 8.41. The van der Waals surface area contributed by atoms with Crippen molar-refractivity contribution in [3.8, 4) is 0 Å². The van der Waals surface area contributed by atoms with Gasteiger partial charge in [0.05, 0.1) is 0 Å². The molecule has 0 aromatic heterocycles. The standard InChI is InChI=1S/C16H33N3/c1-4-17-12-14(2)15(3)19-11-8-16(13-19)18-9-6-5-7-10-18/h14-17H,4-13H2,1-3H3. The molecule has 2 aliphatic rings. The number of hydrogen-bond donors (Lipinski definition) is 1. The number of rotatable bonds is 6. The van der Waals surface area contributed by atoms with E-state index in [9.17, 15) is 0 Å². The molecule has 3 atom stereocenters. The molecule has 2 heterocycles. The van der Waals surface area contributed by atoms with Crippen LogP contribution >= 0.6 is 0 Å². The summed E-state index contributed by atoms with van der Waals surface area (Å²) in [5, 5.41) is 3.49. The molecule has 0 radical (unpaired) electrons. The van der Waals surface area contributed by atoms with Crippen LogP contribution in [-0.2, 0) is 0 Å². The molecule has 2 aliphatic heterocycles. The average molecular weight is 267 g/mol. The molecule has 2 saturated heterocycles. The maximum absolute atomic E-state index is 3.49. The molecular weight excluding hydrogens is 234 g/mol. The quantitative estimate of drug-likeness (QED) is 0.796. The van der Waals surface area contributed by atoms with Gasteiger partial charge in [0.25, 0.3) is 0 Å². The minimum atomic E-state index is 0.717. The van der Waals surface area contributed by atoms with Crippen LogP contribution in [0.4, 0.5) is 0 Å². The highest BCUT2D eigenvalue weighted by atomic mass is 15.3. The Balaban J connectivity index is 1.76. The van der Waals surface area contributed by atoms with E-state index in [1.165, 1.54) is 51.9 Å². The Morgan fingerprint density at radius 1 is 1.11 bits per heavy atom. The lowest BCUT2D eigenvalue weighted by Gasteiger charge is -2.34. The van der Waals surface area contributed by atoms with Gasteiger partial charge in [-0.2, -0.15) is 0 Å². The second-order valence-corrected chi connectivity index (χ2v) is 6.56. The zero-order valence-electron chi connectivity index (χ0n) is 13.2. The Labute approximate surface area is 119 Å². The number of piperidine rings is 1. The van der Waals surface area contributed by atoms with E-state index in [0.29, 0.717) is 6.04 Å². The van der Waals surface area contributed by atoms with Crippen LogP contribution in [0.1, 0.15) is 46.5 Å². The first-order chi connectivity index (χ1) is 9.22. The lowest BCUT2D eigenvalue weighted by molar-refractivity contribution is 0.141. The van der Waals surface area contributed by atoms with Gasteiger partial charge in [-0.25, -0.2) is 0 Å². The van der Waals surface area contributed by atoms with E-state index in [1.54, 1.807) is 0 Å². The summed E-state index contributed by atoms with van der Waals surface area (Å²) in [6, 6.07) is 1.56. The fourth-order valence-electron chi connectivity index (χ4n) is 3.62. The summed E-state index contributed by atoms with van der Waals surface area (Å²) in [5.74, 6) is 0.750. The number of nitrogens with one attached hydrogen (secondary N) is 1. The third-order valence-electron chi connectivity index (χ3n) is 5.22. The number of nitrogens with zero attached hydrogens (tertiary/aromatic N) is 2. The molecule has 1 N–H and O–H groups in total. The molecule has 0 saturated carbocycles. The lowest BCUT2D eigenvalue weighted by atomic mass is 10.0. The topological polar surface area (TPSA) is 18.5 Å². The first kappa shape index (κ1) is 15.3. The lowest BCUT2D eigenvalue weighted by Crippen LogP contribution is -2.44. The smallest absolute Gasteiger partial charge is 0.0235 e. The predicted octanol–water partition coefficient (Wildman–Crippen LogP) is 2.18. The highest BCUT2D eigenvalue weighted by molar-refractivity contribution is 4.88. The maximum Gasteiger partial charge on any atom is 0.0235 e. The normalized spacial score (nSPS) is 29.5. The van der Waals surface area contributed by atoms with Gasteiger partial charge in [0.15, 0.2) is 0 Å². The monoisotopic (exact) mass is 267 g/mol. The minimum absolute atomic E-state index is 0.717. The minimum Gasteiger partial charge on any atom is -0.317 e. The Kier molecular flexibility index (Phi) is 6.11. The summed E-state index contributed by atoms with van der Waals surface area (Å²) in [6.45, 7) is 14.5. The van der Waals surface area contributed by atoms with Crippen molar-refractivity contribution < 1.29 is 0 Å². The van der Waals surface area contributed by atoms with Gasteiger partial charge < -0.3 is 5.32 Å². The SMILES string of the molecule is CCNCC(C)C(C)N1CCC(N2CCCCC2)C1. The van der Waals surface area contributed by atoms with E-state index in [1.807, 2.05) is 0 Å². The number of likely N-dealkylation sites (tertiary alicyclic amines) is 2. The van der Waals surface area contributed by atoms with Crippen molar-refractivity contribution in [3.05, 3.63) is 0 Å². The van der Waals surface area contributed by atoms with Gasteiger partial charge in [0.1, 0.15) is 0 Å². The molecule has 0 spiro atoms. The summed E-state index contributed by atoms with van der Waals surface area (Å²) in [4.78, 5) is 5.48. The Bertz CT molecular complexity index is 250. The van der Waals surface area contributed by atoms with E-state index < -0.39 is 0 Å². The van der Waals surface area contributed by atoms with Crippen LogP contribution in [0.3, 0.4) is 0 Å². The molecule has 3 unspecified atom stereocenters. The second kappa shape index (κ2) is 7.61. The van der Waals surface area contributed by atoms with E-state index >= 15 is 0 Å². The predicted molar refractivity (Wildman–Crippen MR) is 82.6 cm³/mol. The highest BCUT2D eigenvalue weighted by Crippen LogP contribution is 2.23. The van der Waals surface area contributed by atoms with Crippen molar-refractivity contribution in [1.29, 1.82) is 0 Å². The average Bonchev–Trinajstić information content (AvgIpc) is 2.94. The third-order valence-corrected chi connectivity index (χ3v) is 5.22. The van der Waals surface area contributed by atoms with E-state index in [2.05, 4.69) is 35.9 Å².